The minimum atomic E-state index is 0.565. The lowest BCUT2D eigenvalue weighted by atomic mass is 9.80. The molecule has 1 aromatic rings. The van der Waals surface area contributed by atoms with Gasteiger partial charge in [-0.1, -0.05) is 91.6 Å². The molecule has 110 valence electrons. The largest absolute Gasteiger partial charge is 0.0651 e. The summed E-state index contributed by atoms with van der Waals surface area (Å²) >= 11 is 0. The first-order valence-electron chi connectivity index (χ1n) is 7.87. The molecule has 0 aromatic heterocycles. The van der Waals surface area contributed by atoms with Gasteiger partial charge in [0.2, 0.25) is 0 Å². The maximum Gasteiger partial charge on any atom is -0.0219 e. The van der Waals surface area contributed by atoms with E-state index in [1.54, 1.807) is 0 Å². The van der Waals surface area contributed by atoms with Crippen molar-refractivity contribution in [3.8, 4) is 0 Å². The van der Waals surface area contributed by atoms with Gasteiger partial charge in [-0.25, -0.2) is 0 Å². The molecular weight excluding hydrogens is 228 g/mol. The summed E-state index contributed by atoms with van der Waals surface area (Å²) in [7, 11) is 0. The zero-order chi connectivity index (χ0) is 14.9. The number of hydrogen-bond donors (Lipinski definition) is 0. The fourth-order valence-corrected chi connectivity index (χ4v) is 2.07. The Kier molecular flexibility index (Phi) is 8.80. The molecule has 0 nitrogen and oxygen atoms in total. The lowest BCUT2D eigenvalue weighted by molar-refractivity contribution is 0.263. The molecule has 0 amide bonds. The molecule has 1 atom stereocenters. The van der Waals surface area contributed by atoms with E-state index in [9.17, 15) is 0 Å². The number of benzene rings is 1. The van der Waals surface area contributed by atoms with Gasteiger partial charge in [-0.3, -0.25) is 0 Å². The lowest BCUT2D eigenvalue weighted by Gasteiger charge is -2.25. The second-order valence-corrected chi connectivity index (χ2v) is 6.80. The van der Waals surface area contributed by atoms with Gasteiger partial charge in [0.15, 0.2) is 0 Å². The van der Waals surface area contributed by atoms with Crippen LogP contribution in [0, 0.1) is 11.3 Å². The van der Waals surface area contributed by atoms with Crippen molar-refractivity contribution in [2.45, 2.75) is 73.6 Å². The van der Waals surface area contributed by atoms with Gasteiger partial charge in [-0.05, 0) is 29.2 Å². The summed E-state index contributed by atoms with van der Waals surface area (Å²) in [6, 6.07) is 10.5. The summed E-state index contributed by atoms with van der Waals surface area (Å²) in [4.78, 5) is 0. The summed E-state index contributed by atoms with van der Waals surface area (Å²) < 4.78 is 0. The van der Waals surface area contributed by atoms with Crippen molar-refractivity contribution >= 4 is 0 Å². The molecule has 0 heteroatoms. The Balaban J connectivity index is 0.000000342. The van der Waals surface area contributed by atoms with Gasteiger partial charge in [-0.15, -0.1) is 0 Å². The Hall–Kier alpha value is -0.780. The molecule has 0 bridgehead atoms. The molecule has 0 N–H and O–H groups in total. The Morgan fingerprint density at radius 1 is 0.947 bits per heavy atom. The van der Waals surface area contributed by atoms with Crippen LogP contribution < -0.4 is 0 Å². The van der Waals surface area contributed by atoms with E-state index in [1.807, 2.05) is 6.07 Å². The molecule has 0 aliphatic rings. The Morgan fingerprint density at radius 3 is 1.79 bits per heavy atom. The molecule has 0 aliphatic heterocycles. The molecule has 0 spiro atoms. The van der Waals surface area contributed by atoms with Crippen LogP contribution in [0.3, 0.4) is 0 Å². The zero-order valence-electron chi connectivity index (χ0n) is 14.2. The molecular formula is C19H34. The van der Waals surface area contributed by atoms with Crippen LogP contribution in [0.15, 0.2) is 30.3 Å². The fourth-order valence-electron chi connectivity index (χ4n) is 2.07. The van der Waals surface area contributed by atoms with Gasteiger partial charge in [0.1, 0.15) is 0 Å². The summed E-state index contributed by atoms with van der Waals surface area (Å²) in [5.74, 6) is 1.56. The van der Waals surface area contributed by atoms with Crippen LogP contribution in [-0.4, -0.2) is 0 Å². The van der Waals surface area contributed by atoms with Crippen molar-refractivity contribution in [3.63, 3.8) is 0 Å². The first-order chi connectivity index (χ1) is 8.82. The molecule has 1 unspecified atom stereocenters. The van der Waals surface area contributed by atoms with Gasteiger partial charge in [0.25, 0.3) is 0 Å². The van der Waals surface area contributed by atoms with Crippen LogP contribution in [0.5, 0.6) is 0 Å². The second kappa shape index (κ2) is 9.18. The first-order valence-corrected chi connectivity index (χ1v) is 7.87. The molecule has 0 radical (unpaired) electrons. The average Bonchev–Trinajstić information content (AvgIpc) is 2.40. The van der Waals surface area contributed by atoms with E-state index >= 15 is 0 Å². The van der Waals surface area contributed by atoms with Crippen molar-refractivity contribution in [2.24, 2.45) is 11.3 Å². The van der Waals surface area contributed by atoms with Crippen molar-refractivity contribution in [1.82, 2.24) is 0 Å². The third-order valence-electron chi connectivity index (χ3n) is 4.02. The highest BCUT2D eigenvalue weighted by Crippen LogP contribution is 2.29. The van der Waals surface area contributed by atoms with Crippen LogP contribution in [0.4, 0.5) is 0 Å². The quantitative estimate of drug-likeness (QED) is 0.556. The number of hydrogen-bond acceptors (Lipinski definition) is 0. The van der Waals surface area contributed by atoms with Gasteiger partial charge in [0, 0.05) is 0 Å². The van der Waals surface area contributed by atoms with E-state index < -0.39 is 0 Å². The predicted molar refractivity (Wildman–Crippen MR) is 88.7 cm³/mol. The van der Waals surface area contributed by atoms with Gasteiger partial charge in [-0.2, -0.15) is 0 Å². The Morgan fingerprint density at radius 2 is 1.47 bits per heavy atom. The van der Waals surface area contributed by atoms with Crippen LogP contribution in [-0.2, 0) is 0 Å². The van der Waals surface area contributed by atoms with Crippen LogP contribution >= 0.6 is 0 Å². The lowest BCUT2D eigenvalue weighted by Crippen LogP contribution is -2.13. The molecule has 1 rings (SSSR count). The predicted octanol–water partition coefficient (Wildman–Crippen LogP) is 6.67. The summed E-state index contributed by atoms with van der Waals surface area (Å²) in [5.41, 5.74) is 1.98. The van der Waals surface area contributed by atoms with Crippen LogP contribution in [0.1, 0.15) is 79.2 Å². The monoisotopic (exact) mass is 262 g/mol. The molecule has 19 heavy (non-hydrogen) atoms. The summed E-state index contributed by atoms with van der Waals surface area (Å²) in [6.07, 6.45) is 4.00. The SMILES string of the molecule is CC(C)c1ccccc1.CCC(C)CC(C)(C)CC. The van der Waals surface area contributed by atoms with E-state index in [0.717, 1.165) is 5.92 Å². The normalized spacial score (nSPS) is 12.8. The maximum absolute atomic E-state index is 2.36. The van der Waals surface area contributed by atoms with Crippen molar-refractivity contribution in [1.29, 1.82) is 0 Å². The van der Waals surface area contributed by atoms with E-state index in [-0.39, 0.29) is 0 Å². The molecule has 0 saturated carbocycles. The molecule has 0 fully saturated rings. The smallest absolute Gasteiger partial charge is 0.0219 e. The van der Waals surface area contributed by atoms with Crippen molar-refractivity contribution in [2.75, 3.05) is 0 Å². The highest BCUT2D eigenvalue weighted by molar-refractivity contribution is 5.17. The molecule has 0 aliphatic carbocycles. The van der Waals surface area contributed by atoms with Crippen LogP contribution in [0.25, 0.3) is 0 Å². The van der Waals surface area contributed by atoms with E-state index in [0.29, 0.717) is 11.3 Å². The van der Waals surface area contributed by atoms with Crippen molar-refractivity contribution < 1.29 is 0 Å². The number of rotatable bonds is 5. The third kappa shape index (κ3) is 8.86. The Labute approximate surface area is 121 Å². The molecule has 1 aromatic carbocycles. The van der Waals surface area contributed by atoms with E-state index in [4.69, 9.17) is 0 Å². The highest BCUT2D eigenvalue weighted by Gasteiger charge is 2.17. The summed E-state index contributed by atoms with van der Waals surface area (Å²) in [6.45, 7) is 16.0. The fraction of sp³-hybridized carbons (Fsp3) is 0.684. The minimum Gasteiger partial charge on any atom is -0.0651 e. The average molecular weight is 262 g/mol. The van der Waals surface area contributed by atoms with E-state index in [2.05, 4.69) is 72.7 Å². The summed E-state index contributed by atoms with van der Waals surface area (Å²) in [5, 5.41) is 0. The van der Waals surface area contributed by atoms with Crippen LogP contribution in [0.2, 0.25) is 0 Å². The molecule has 0 saturated heterocycles. The Bertz CT molecular complexity index is 308. The topological polar surface area (TPSA) is 0 Å². The van der Waals surface area contributed by atoms with E-state index in [1.165, 1.54) is 24.8 Å². The van der Waals surface area contributed by atoms with Gasteiger partial charge >= 0.3 is 0 Å². The highest BCUT2D eigenvalue weighted by atomic mass is 14.2. The van der Waals surface area contributed by atoms with Gasteiger partial charge < -0.3 is 0 Å². The zero-order valence-corrected chi connectivity index (χ0v) is 14.2. The van der Waals surface area contributed by atoms with Crippen molar-refractivity contribution in [3.05, 3.63) is 35.9 Å². The standard InChI is InChI=1S/C10H22.C9H12/c1-6-9(3)8-10(4,5)7-2;1-8(2)9-6-4-3-5-7-9/h9H,6-8H2,1-5H3;3-8H,1-2H3. The maximum atomic E-state index is 2.36. The third-order valence-corrected chi connectivity index (χ3v) is 4.02. The van der Waals surface area contributed by atoms with Gasteiger partial charge in [0.05, 0.1) is 0 Å². The first kappa shape index (κ1) is 18.2. The minimum absolute atomic E-state index is 0.565. The second-order valence-electron chi connectivity index (χ2n) is 6.80. The molecule has 0 heterocycles.